The maximum Gasteiger partial charge on any atom is 0.408 e. The topological polar surface area (TPSA) is 347 Å². The van der Waals surface area contributed by atoms with Gasteiger partial charge in [0.25, 0.3) is 0 Å². The van der Waals surface area contributed by atoms with E-state index in [-0.39, 0.29) is 59.6 Å². The Hall–Kier alpha value is -8.32. The molecule has 2 saturated carbocycles. The van der Waals surface area contributed by atoms with Crippen molar-refractivity contribution in [3.05, 3.63) is 131 Å². The van der Waals surface area contributed by atoms with E-state index in [1.54, 1.807) is 101 Å². The lowest BCUT2D eigenvalue weighted by Gasteiger charge is -2.65. The van der Waals surface area contributed by atoms with Gasteiger partial charge in [0.05, 0.1) is 36.2 Å². The fraction of sp³-hybridized carbons (Fsp3) is 0.500. The summed E-state index contributed by atoms with van der Waals surface area (Å²) in [7, 11) is 0. The van der Waals surface area contributed by atoms with Crippen molar-refractivity contribution >= 4 is 59.4 Å². The van der Waals surface area contributed by atoms with Crippen LogP contribution in [0.2, 0.25) is 0 Å². The highest BCUT2D eigenvalue weighted by Crippen LogP contribution is 2.61. The minimum Gasteiger partial charge on any atom is -0.455 e. The largest absolute Gasteiger partial charge is 0.455 e. The van der Waals surface area contributed by atoms with Crippen molar-refractivity contribution in [2.45, 2.75) is 166 Å². The number of amides is 5. The van der Waals surface area contributed by atoms with E-state index in [1.807, 2.05) is 0 Å². The Labute approximate surface area is 509 Å². The summed E-state index contributed by atoms with van der Waals surface area (Å²) in [5.74, 6) is -10.3. The molecule has 8 N–H and O–H groups in total. The maximum absolute atomic E-state index is 15.3. The number of hydrogen-bond donors (Lipinski definition) is 8. The van der Waals surface area contributed by atoms with Crippen LogP contribution >= 0.6 is 0 Å². The van der Waals surface area contributed by atoms with E-state index in [0.29, 0.717) is 5.56 Å². The first-order valence-electron chi connectivity index (χ1n) is 29.1. The van der Waals surface area contributed by atoms with Crippen molar-refractivity contribution in [3.8, 4) is 0 Å². The zero-order chi connectivity index (χ0) is 64.6. The van der Waals surface area contributed by atoms with E-state index >= 15 is 9.59 Å². The summed E-state index contributed by atoms with van der Waals surface area (Å²) in [6, 6.07) is 19.8. The summed E-state index contributed by atoms with van der Waals surface area (Å²) < 4.78 is 35.9. The number of nitrogens with one attached hydrogen (secondary N) is 5. The van der Waals surface area contributed by atoms with E-state index in [1.165, 1.54) is 45.0 Å². The molecule has 3 aliphatic carbocycles. The van der Waals surface area contributed by atoms with Gasteiger partial charge in [0.1, 0.15) is 60.3 Å². The van der Waals surface area contributed by atoms with Crippen LogP contribution in [0.3, 0.4) is 0 Å². The number of Topliss-reactive ketones (excluding diaryl/α,β-unsaturated/α-hetero) is 1. The number of fused-ring (bicyclic) bond motifs is 5. The summed E-state index contributed by atoms with van der Waals surface area (Å²) in [4.78, 5) is 139. The molecule has 4 aliphatic rings. The van der Waals surface area contributed by atoms with Crippen molar-refractivity contribution in [2.24, 2.45) is 17.3 Å². The second-order valence-electron chi connectivity index (χ2n) is 24.6. The summed E-state index contributed by atoms with van der Waals surface area (Å²) in [5, 5.41) is 50.4. The number of carbonyl (C=O) groups is 10. The Morgan fingerprint density at radius 2 is 1.43 bits per heavy atom. The Balaban J connectivity index is 1.22. The molecular formula is C64H79N5O19. The number of aliphatic hydroxyl groups excluding tert-OH is 2. The van der Waals surface area contributed by atoms with Crippen LogP contribution in [0.25, 0.3) is 0 Å². The van der Waals surface area contributed by atoms with Crippen LogP contribution in [0.5, 0.6) is 0 Å². The quantitative estimate of drug-likeness (QED) is 0.0310. The van der Waals surface area contributed by atoms with Gasteiger partial charge in [-0.1, -0.05) is 99.3 Å². The SMILES string of the molecule is C=C(C)C(=O)NCC(=O)NC(Cc1ccccc1)C(=O)NC(CC(C)C)C(=O)NCC(=O)O[C@@H](C(=O)O[C@H]1C[C@]2(O)CC(=C1C)[C@@H](O)C(=O)[C@@]1(C)[C@H]([C@@H]2OC(=O)c2ccccc2)[C@]2(OC(C)=O)CO[C@@H]2C[C@@H]1O)[C@@H](NC(=O)OC(C)(C)C)c1ccccc1. The normalized spacial score (nSPS) is 25.9. The molecule has 24 heteroatoms. The smallest absolute Gasteiger partial charge is 0.408 e. The molecule has 1 saturated heterocycles. The van der Waals surface area contributed by atoms with Crippen LogP contribution in [0.1, 0.15) is 116 Å². The fourth-order valence-corrected chi connectivity index (χ4v) is 11.9. The Kier molecular flexibility index (Phi) is 21.2. The number of ketones is 1. The molecule has 3 fully saturated rings. The second kappa shape index (κ2) is 27.8. The third-order valence-electron chi connectivity index (χ3n) is 16.3. The number of hydrogen-bond acceptors (Lipinski definition) is 19. The predicted octanol–water partition coefficient (Wildman–Crippen LogP) is 3.24. The van der Waals surface area contributed by atoms with Crippen molar-refractivity contribution < 1.29 is 91.7 Å². The van der Waals surface area contributed by atoms with Crippen LogP contribution < -0.4 is 26.6 Å². The molecule has 0 aromatic heterocycles. The first-order valence-corrected chi connectivity index (χ1v) is 29.1. The molecule has 2 unspecified atom stereocenters. The van der Waals surface area contributed by atoms with Gasteiger partial charge in [-0.15, -0.1) is 0 Å². The van der Waals surface area contributed by atoms with E-state index in [0.717, 1.165) is 6.92 Å². The number of esters is 4. The Morgan fingerprint density at radius 1 is 0.807 bits per heavy atom. The molecule has 88 heavy (non-hydrogen) atoms. The molecule has 3 aromatic carbocycles. The molecule has 2 bridgehead atoms. The van der Waals surface area contributed by atoms with Gasteiger partial charge in [0.15, 0.2) is 11.4 Å². The number of aliphatic hydroxyl groups is 3. The van der Waals surface area contributed by atoms with Crippen molar-refractivity contribution in [2.75, 3.05) is 19.7 Å². The predicted molar refractivity (Wildman–Crippen MR) is 313 cm³/mol. The van der Waals surface area contributed by atoms with Crippen LogP contribution in [-0.2, 0) is 73.2 Å². The minimum absolute atomic E-state index is 0.00807. The highest BCUT2D eigenvalue weighted by atomic mass is 16.6. The van der Waals surface area contributed by atoms with E-state index in [2.05, 4.69) is 33.2 Å². The highest BCUT2D eigenvalue weighted by molar-refractivity contribution is 5.97. The number of ether oxygens (including phenoxy) is 6. The first kappa shape index (κ1) is 67.2. The average molecular weight is 1220 g/mol. The van der Waals surface area contributed by atoms with Gasteiger partial charge in [0.2, 0.25) is 29.7 Å². The van der Waals surface area contributed by atoms with Crippen molar-refractivity contribution in [3.63, 3.8) is 0 Å². The molecule has 1 aliphatic heterocycles. The zero-order valence-electron chi connectivity index (χ0n) is 50.7. The van der Waals surface area contributed by atoms with Gasteiger partial charge >= 0.3 is 30.0 Å². The lowest BCUT2D eigenvalue weighted by molar-refractivity contribution is -0.340. The maximum atomic E-state index is 15.3. The Bertz CT molecular complexity index is 3170. The molecule has 7 rings (SSSR count). The standard InChI is InChI=1S/C64H79N5O19/c1-34(2)26-42(68-57(78)43(27-38-20-14-11-15-21-38)67-47(72)31-65-55(76)35(3)4)56(77)66-32-48(73)85-51(49(39-22-16-12-17-23-39)69-60(81)88-61(7,8)9)59(80)84-44-30-63(82)29-41(36(44)5)50(74)53(75)62(10)45(71)28-46-64(33-83-46,87-37(6)70)52(62)54(63)86-58(79)40-24-18-13-19-25-40/h11-25,34,42-46,49-52,54,71,74,82H,3,26-33H2,1-2,4-10H3,(H,65,76)(H,66,77)(H,67,72)(H,68,78)(H,69,81)/t42?,43?,44-,45-,46+,49-,50+,51+,52-,54-,62+,63+,64-/m0/s1. The molecule has 3 aromatic rings. The molecule has 1 heterocycles. The number of benzene rings is 3. The number of carbonyl (C=O) groups excluding carboxylic acids is 10. The third kappa shape index (κ3) is 15.5. The van der Waals surface area contributed by atoms with Gasteiger partial charge in [-0.2, -0.15) is 0 Å². The molecule has 0 radical (unpaired) electrons. The molecule has 5 amide bonds. The van der Waals surface area contributed by atoms with E-state index < -0.39 is 168 Å². The molecule has 13 atom stereocenters. The lowest BCUT2D eigenvalue weighted by atomic mass is 9.48. The summed E-state index contributed by atoms with van der Waals surface area (Å²) in [6.07, 6.45) is -13.2. The van der Waals surface area contributed by atoms with E-state index in [4.69, 9.17) is 28.4 Å². The van der Waals surface area contributed by atoms with Crippen molar-refractivity contribution in [1.29, 1.82) is 0 Å². The average Bonchev–Trinajstić information content (AvgIpc) is 0.684. The van der Waals surface area contributed by atoms with Crippen LogP contribution in [0.15, 0.2) is 114 Å². The second-order valence-corrected chi connectivity index (χ2v) is 24.6. The van der Waals surface area contributed by atoms with Crippen LogP contribution in [-0.4, -0.2) is 160 Å². The summed E-state index contributed by atoms with van der Waals surface area (Å²) in [5.41, 5.74) is -6.64. The van der Waals surface area contributed by atoms with Gasteiger partial charge in [-0.3, -0.25) is 33.6 Å². The van der Waals surface area contributed by atoms with Crippen LogP contribution in [0, 0.1) is 17.3 Å². The minimum atomic E-state index is -2.44. The number of rotatable bonds is 22. The van der Waals surface area contributed by atoms with Gasteiger partial charge < -0.3 is 70.3 Å². The third-order valence-corrected chi connectivity index (χ3v) is 16.3. The number of alkyl carbamates (subject to hydrolysis) is 1. The monoisotopic (exact) mass is 1220 g/mol. The van der Waals surface area contributed by atoms with Crippen LogP contribution in [0.4, 0.5) is 4.79 Å². The van der Waals surface area contributed by atoms with Gasteiger partial charge in [0, 0.05) is 38.2 Å². The van der Waals surface area contributed by atoms with Gasteiger partial charge in [-0.05, 0) is 88.3 Å². The van der Waals surface area contributed by atoms with Crippen molar-refractivity contribution in [1.82, 2.24) is 26.6 Å². The zero-order valence-corrected chi connectivity index (χ0v) is 50.7. The lowest BCUT2D eigenvalue weighted by Crippen LogP contribution is -2.80. The summed E-state index contributed by atoms with van der Waals surface area (Å²) in [6.45, 7) is 15.3. The van der Waals surface area contributed by atoms with E-state index in [9.17, 15) is 53.7 Å². The molecule has 0 spiro atoms. The molecular weight excluding hydrogens is 1140 g/mol. The Morgan fingerprint density at radius 3 is 2.01 bits per heavy atom. The molecule has 474 valence electrons. The van der Waals surface area contributed by atoms with Gasteiger partial charge in [-0.25, -0.2) is 14.4 Å². The first-order chi connectivity index (χ1) is 41.4. The summed E-state index contributed by atoms with van der Waals surface area (Å²) >= 11 is 0. The highest BCUT2D eigenvalue weighted by Gasteiger charge is 2.76. The molecule has 24 nitrogen and oxygen atoms in total. The fourth-order valence-electron chi connectivity index (χ4n) is 11.9.